The van der Waals surface area contributed by atoms with Crippen molar-refractivity contribution in [3.8, 4) is 23.0 Å². The summed E-state index contributed by atoms with van der Waals surface area (Å²) in [7, 11) is 0. The van der Waals surface area contributed by atoms with Gasteiger partial charge in [0.05, 0.1) is 30.0 Å². The number of benzene rings is 4. The molecule has 0 aliphatic rings. The zero-order valence-corrected chi connectivity index (χ0v) is 32.4. The van der Waals surface area contributed by atoms with E-state index >= 15 is 0 Å². The molecule has 7 heteroatoms. The summed E-state index contributed by atoms with van der Waals surface area (Å²) in [6.45, 7) is 5.84. The lowest BCUT2D eigenvalue weighted by Crippen LogP contribution is -2.08. The van der Waals surface area contributed by atoms with E-state index in [1.54, 1.807) is 66.9 Å². The second-order valence-electron chi connectivity index (χ2n) is 13.8. The van der Waals surface area contributed by atoms with Crippen molar-refractivity contribution in [2.75, 3.05) is 13.2 Å². The third kappa shape index (κ3) is 16.4. The molecule has 0 N–H and O–H groups in total. The van der Waals surface area contributed by atoms with Crippen molar-refractivity contribution >= 4 is 23.8 Å². The number of rotatable bonds is 26. The third-order valence-electron chi connectivity index (χ3n) is 9.21. The standard InChI is InChI=1S/C47H59NO6/c1-3-5-7-9-11-13-15-17-35-51-42-29-21-39(22-30-42)46(49)53-44-27-19-38(20-28-44)37-48-41-25-33-45(34-26-41)54-47(50)40-23-31-43(32-24-40)52-36-18-16-14-12-10-8-6-4-2/h19-34,37H,3-18,35-36H2,1-2H3. The van der Waals surface area contributed by atoms with E-state index in [1.165, 1.54) is 89.9 Å². The highest BCUT2D eigenvalue weighted by molar-refractivity contribution is 5.92. The number of hydrogen-bond donors (Lipinski definition) is 0. The number of carbonyl (C=O) groups is 2. The van der Waals surface area contributed by atoms with Crippen molar-refractivity contribution < 1.29 is 28.5 Å². The summed E-state index contributed by atoms with van der Waals surface area (Å²) >= 11 is 0. The molecule has 0 radical (unpaired) electrons. The van der Waals surface area contributed by atoms with Gasteiger partial charge in [0, 0.05) is 6.21 Å². The minimum Gasteiger partial charge on any atom is -0.494 e. The second-order valence-corrected chi connectivity index (χ2v) is 13.8. The van der Waals surface area contributed by atoms with E-state index in [0.29, 0.717) is 41.5 Å². The molecule has 0 aromatic heterocycles. The van der Waals surface area contributed by atoms with Crippen molar-refractivity contribution in [1.29, 1.82) is 0 Å². The van der Waals surface area contributed by atoms with Gasteiger partial charge in [0.25, 0.3) is 0 Å². The van der Waals surface area contributed by atoms with Crippen LogP contribution >= 0.6 is 0 Å². The van der Waals surface area contributed by atoms with Crippen molar-refractivity contribution in [2.45, 2.75) is 117 Å². The molecule has 4 rings (SSSR count). The third-order valence-corrected chi connectivity index (χ3v) is 9.21. The summed E-state index contributed by atoms with van der Waals surface area (Å²) in [6, 6.07) is 28.3. The van der Waals surface area contributed by atoms with Crippen molar-refractivity contribution in [1.82, 2.24) is 0 Å². The average Bonchev–Trinajstić information content (AvgIpc) is 3.20. The van der Waals surface area contributed by atoms with Crippen LogP contribution in [0.2, 0.25) is 0 Å². The first-order valence-electron chi connectivity index (χ1n) is 20.2. The molecule has 0 saturated heterocycles. The van der Waals surface area contributed by atoms with Crippen LogP contribution in [0.15, 0.2) is 102 Å². The van der Waals surface area contributed by atoms with E-state index < -0.39 is 11.9 Å². The predicted octanol–water partition coefficient (Wildman–Crippen LogP) is 12.9. The van der Waals surface area contributed by atoms with Crippen LogP contribution in [0.3, 0.4) is 0 Å². The van der Waals surface area contributed by atoms with Crippen LogP contribution in [-0.2, 0) is 0 Å². The van der Waals surface area contributed by atoms with Crippen LogP contribution in [-0.4, -0.2) is 31.4 Å². The maximum Gasteiger partial charge on any atom is 0.343 e. The molecule has 0 aliphatic carbocycles. The van der Waals surface area contributed by atoms with Gasteiger partial charge >= 0.3 is 11.9 Å². The lowest BCUT2D eigenvalue weighted by atomic mass is 10.1. The zero-order valence-electron chi connectivity index (χ0n) is 32.4. The second kappa shape index (κ2) is 25.2. The van der Waals surface area contributed by atoms with E-state index in [2.05, 4.69) is 18.8 Å². The highest BCUT2D eigenvalue weighted by Crippen LogP contribution is 2.22. The normalized spacial score (nSPS) is 11.1. The van der Waals surface area contributed by atoms with E-state index in [9.17, 15) is 9.59 Å². The molecular formula is C47H59NO6. The molecule has 0 atom stereocenters. The Bertz CT molecular complexity index is 1520. The monoisotopic (exact) mass is 733 g/mol. The summed E-state index contributed by atoms with van der Waals surface area (Å²) in [5.41, 5.74) is 2.46. The quantitative estimate of drug-likeness (QED) is 0.0276. The Morgan fingerprint density at radius 3 is 1.20 bits per heavy atom. The molecule has 0 spiro atoms. The summed E-state index contributed by atoms with van der Waals surface area (Å²) in [6.07, 6.45) is 21.8. The van der Waals surface area contributed by atoms with Crippen LogP contribution < -0.4 is 18.9 Å². The molecule has 0 heterocycles. The smallest absolute Gasteiger partial charge is 0.343 e. The summed E-state index contributed by atoms with van der Waals surface area (Å²) in [5.74, 6) is 1.52. The number of unbranched alkanes of at least 4 members (excludes halogenated alkanes) is 14. The van der Waals surface area contributed by atoms with E-state index in [4.69, 9.17) is 18.9 Å². The number of aliphatic imine (C=N–C) groups is 1. The molecule has 0 saturated carbocycles. The highest BCUT2D eigenvalue weighted by atomic mass is 16.5. The van der Waals surface area contributed by atoms with E-state index in [1.807, 2.05) is 36.4 Å². The lowest BCUT2D eigenvalue weighted by molar-refractivity contribution is 0.0725. The van der Waals surface area contributed by atoms with Crippen LogP contribution in [0.1, 0.15) is 143 Å². The average molecular weight is 734 g/mol. The van der Waals surface area contributed by atoms with Crippen molar-refractivity contribution in [2.24, 2.45) is 4.99 Å². The fourth-order valence-electron chi connectivity index (χ4n) is 5.93. The Balaban J connectivity index is 1.12. The molecule has 0 amide bonds. The Kier molecular flexibility index (Phi) is 19.5. The number of carbonyl (C=O) groups excluding carboxylic acids is 2. The predicted molar refractivity (Wildman–Crippen MR) is 219 cm³/mol. The molecular weight excluding hydrogens is 675 g/mol. The summed E-state index contributed by atoms with van der Waals surface area (Å²) in [5, 5.41) is 0. The molecule has 7 nitrogen and oxygen atoms in total. The number of hydrogen-bond acceptors (Lipinski definition) is 7. The number of nitrogens with zero attached hydrogens (tertiary/aromatic N) is 1. The SMILES string of the molecule is CCCCCCCCCCOc1ccc(C(=O)Oc2ccc(C=Nc3ccc(OC(=O)c4ccc(OCCCCCCCCCC)cc4)cc3)cc2)cc1. The number of esters is 2. The fraction of sp³-hybridized carbons (Fsp3) is 0.426. The first-order chi connectivity index (χ1) is 26.5. The van der Waals surface area contributed by atoms with Gasteiger partial charge in [-0.25, -0.2) is 9.59 Å². The molecule has 4 aromatic carbocycles. The Labute approximate surface area is 323 Å². The molecule has 288 valence electrons. The maximum absolute atomic E-state index is 12.7. The number of ether oxygens (including phenoxy) is 4. The van der Waals surface area contributed by atoms with Crippen LogP contribution in [0.5, 0.6) is 23.0 Å². The van der Waals surface area contributed by atoms with Gasteiger partial charge < -0.3 is 18.9 Å². The molecule has 0 aliphatic heterocycles. The molecule has 0 fully saturated rings. The van der Waals surface area contributed by atoms with Crippen LogP contribution in [0.4, 0.5) is 5.69 Å². The first kappa shape index (κ1) is 41.8. The first-order valence-corrected chi connectivity index (χ1v) is 20.2. The van der Waals surface area contributed by atoms with Gasteiger partial charge in [-0.3, -0.25) is 4.99 Å². The fourth-order valence-corrected chi connectivity index (χ4v) is 5.93. The largest absolute Gasteiger partial charge is 0.494 e. The maximum atomic E-state index is 12.7. The van der Waals surface area contributed by atoms with Gasteiger partial charge in [-0.1, -0.05) is 104 Å². The Morgan fingerprint density at radius 2 is 0.796 bits per heavy atom. The van der Waals surface area contributed by atoms with Gasteiger partial charge in [-0.05, 0) is 115 Å². The van der Waals surface area contributed by atoms with E-state index in [-0.39, 0.29) is 0 Å². The molecule has 4 aromatic rings. The molecule has 54 heavy (non-hydrogen) atoms. The zero-order chi connectivity index (χ0) is 38.1. The Morgan fingerprint density at radius 1 is 0.444 bits per heavy atom. The van der Waals surface area contributed by atoms with Gasteiger partial charge in [0.2, 0.25) is 0 Å². The van der Waals surface area contributed by atoms with Crippen molar-refractivity contribution in [3.63, 3.8) is 0 Å². The van der Waals surface area contributed by atoms with E-state index in [0.717, 1.165) is 29.9 Å². The van der Waals surface area contributed by atoms with Gasteiger partial charge in [-0.2, -0.15) is 0 Å². The van der Waals surface area contributed by atoms with Gasteiger partial charge in [0.1, 0.15) is 23.0 Å². The van der Waals surface area contributed by atoms with Crippen molar-refractivity contribution in [3.05, 3.63) is 114 Å². The van der Waals surface area contributed by atoms with Crippen LogP contribution in [0.25, 0.3) is 0 Å². The topological polar surface area (TPSA) is 83.4 Å². The molecule has 0 bridgehead atoms. The highest BCUT2D eigenvalue weighted by Gasteiger charge is 2.11. The minimum absolute atomic E-state index is 0.429. The van der Waals surface area contributed by atoms with Gasteiger partial charge in [-0.15, -0.1) is 0 Å². The van der Waals surface area contributed by atoms with Crippen LogP contribution in [0, 0.1) is 0 Å². The summed E-state index contributed by atoms with van der Waals surface area (Å²) in [4.78, 5) is 29.9. The summed E-state index contributed by atoms with van der Waals surface area (Å²) < 4.78 is 22.8. The lowest BCUT2D eigenvalue weighted by Gasteiger charge is -2.08. The molecule has 0 unspecified atom stereocenters. The minimum atomic E-state index is -0.433. The Hall–Kier alpha value is -4.91. The van der Waals surface area contributed by atoms with Gasteiger partial charge in [0.15, 0.2) is 0 Å².